The van der Waals surface area contributed by atoms with Crippen molar-refractivity contribution < 1.29 is 33.8 Å². The molecule has 2 unspecified atom stereocenters. The summed E-state index contributed by atoms with van der Waals surface area (Å²) in [6.45, 7) is 7.10. The highest BCUT2D eigenvalue weighted by molar-refractivity contribution is 6.12. The van der Waals surface area contributed by atoms with Gasteiger partial charge < -0.3 is 20.1 Å². The molecule has 0 fully saturated rings. The first kappa shape index (κ1) is 27.9. The van der Waals surface area contributed by atoms with E-state index in [4.69, 9.17) is 4.74 Å². The van der Waals surface area contributed by atoms with Crippen molar-refractivity contribution in [1.82, 2.24) is 26.0 Å². The van der Waals surface area contributed by atoms with Gasteiger partial charge in [-0.05, 0) is 33.3 Å². The number of carbonyl (C=O) groups excluding carboxylic acids is 5. The van der Waals surface area contributed by atoms with E-state index in [2.05, 4.69) is 16.1 Å². The quantitative estimate of drug-likeness (QED) is 0.0637. The number of likely N-dealkylation sites (N-methyl/N-ethyl adjacent to an activating group) is 1. The second-order valence-corrected chi connectivity index (χ2v) is 8.46. The van der Waals surface area contributed by atoms with Crippen molar-refractivity contribution in [2.24, 2.45) is 0 Å². The van der Waals surface area contributed by atoms with E-state index >= 15 is 0 Å². The normalized spacial score (nSPS) is 15.9. The van der Waals surface area contributed by atoms with Crippen LogP contribution in [-0.2, 0) is 28.7 Å². The third-order valence-electron chi connectivity index (χ3n) is 4.28. The number of aliphatic hydroxyl groups excluding tert-OH is 1. The first-order chi connectivity index (χ1) is 15.3. The van der Waals surface area contributed by atoms with Crippen LogP contribution in [0, 0.1) is 0 Å². The number of aliphatic hydroxyl groups is 1. The van der Waals surface area contributed by atoms with E-state index in [1.54, 1.807) is 40.8 Å². The minimum absolute atomic E-state index is 0.0798. The van der Waals surface area contributed by atoms with Crippen molar-refractivity contribution in [3.63, 3.8) is 0 Å². The van der Waals surface area contributed by atoms with Gasteiger partial charge in [0.05, 0.1) is 6.42 Å². The monoisotopic (exact) mass is 467 g/mol. The maximum Gasteiger partial charge on any atom is 0.324 e. The number of hydrogen-bond acceptors (Lipinski definition) is 9. The molecular formula is C21H33N5O7. The van der Waals surface area contributed by atoms with E-state index in [0.717, 1.165) is 17.2 Å². The number of hydrazine groups is 1. The molecule has 0 radical (unpaired) electrons. The smallest absolute Gasteiger partial charge is 0.324 e. The van der Waals surface area contributed by atoms with Crippen LogP contribution < -0.4 is 16.1 Å². The minimum Gasteiger partial charge on any atom is -0.459 e. The largest absolute Gasteiger partial charge is 0.459 e. The first-order valence-electron chi connectivity index (χ1n) is 10.4. The molecule has 1 aliphatic heterocycles. The van der Waals surface area contributed by atoms with Gasteiger partial charge in [-0.3, -0.25) is 29.3 Å². The predicted molar refractivity (Wildman–Crippen MR) is 118 cm³/mol. The van der Waals surface area contributed by atoms with Gasteiger partial charge in [-0.2, -0.15) is 0 Å². The van der Waals surface area contributed by atoms with Gasteiger partial charge >= 0.3 is 5.97 Å². The Balaban J connectivity index is 2.66. The van der Waals surface area contributed by atoms with Crippen LogP contribution in [0.25, 0.3) is 0 Å². The molecule has 1 rings (SSSR count). The number of carbonyl (C=O) groups is 5. The summed E-state index contributed by atoms with van der Waals surface area (Å²) in [5, 5.41) is 16.5. The number of esters is 1. The number of nitrogens with zero attached hydrogens (tertiary/aromatic N) is 2. The number of rotatable bonds is 13. The Morgan fingerprint density at radius 1 is 1.21 bits per heavy atom. The lowest BCUT2D eigenvalue weighted by Crippen LogP contribution is -2.49. The van der Waals surface area contributed by atoms with Crippen molar-refractivity contribution in [3.8, 4) is 0 Å². The van der Waals surface area contributed by atoms with Gasteiger partial charge in [-0.15, -0.1) is 0 Å². The van der Waals surface area contributed by atoms with Crippen LogP contribution in [0.1, 0.15) is 34.1 Å². The molecule has 0 aromatic rings. The van der Waals surface area contributed by atoms with Gasteiger partial charge in [0, 0.05) is 38.8 Å². The lowest BCUT2D eigenvalue weighted by molar-refractivity contribution is -0.159. The summed E-state index contributed by atoms with van der Waals surface area (Å²) >= 11 is 0. The fourth-order valence-electron chi connectivity index (χ4n) is 2.53. The molecule has 4 amide bonds. The fourth-order valence-corrected chi connectivity index (χ4v) is 2.53. The second kappa shape index (κ2) is 12.8. The molecule has 4 N–H and O–H groups in total. The molecule has 184 valence electrons. The van der Waals surface area contributed by atoms with Gasteiger partial charge in [0.2, 0.25) is 12.3 Å². The second-order valence-electron chi connectivity index (χ2n) is 8.46. The Morgan fingerprint density at radius 3 is 2.36 bits per heavy atom. The van der Waals surface area contributed by atoms with Crippen LogP contribution in [0.2, 0.25) is 0 Å². The zero-order valence-electron chi connectivity index (χ0n) is 19.6. The van der Waals surface area contributed by atoms with Crippen molar-refractivity contribution in [2.75, 3.05) is 26.7 Å². The Bertz CT molecular complexity index is 785. The number of amides is 4. The van der Waals surface area contributed by atoms with Crippen LogP contribution in [0.4, 0.5) is 0 Å². The molecule has 0 saturated heterocycles. The highest BCUT2D eigenvalue weighted by Crippen LogP contribution is 2.11. The average Bonchev–Trinajstić information content (AvgIpc) is 3.04. The molecule has 1 heterocycles. The molecule has 0 aliphatic carbocycles. The van der Waals surface area contributed by atoms with Crippen molar-refractivity contribution >= 4 is 30.1 Å². The Kier molecular flexibility index (Phi) is 10.9. The van der Waals surface area contributed by atoms with Crippen molar-refractivity contribution in [2.45, 2.75) is 52.0 Å². The number of imide groups is 1. The lowest BCUT2D eigenvalue weighted by atomic mass is 10.1. The summed E-state index contributed by atoms with van der Waals surface area (Å²) in [5.74, 6) is -2.23. The molecule has 0 bridgehead atoms. The van der Waals surface area contributed by atoms with Crippen LogP contribution >= 0.6 is 0 Å². The van der Waals surface area contributed by atoms with E-state index in [-0.39, 0.29) is 26.1 Å². The molecule has 0 aromatic carbocycles. The summed E-state index contributed by atoms with van der Waals surface area (Å²) in [7, 11) is 1.57. The SMILES string of the molecule is C/C(=C\CN(C)C=O)C(O)NC(CC(=O)NCCNN1C(=O)C=CC1=O)C(=O)OC(C)(C)C. The van der Waals surface area contributed by atoms with E-state index in [1.165, 1.54) is 4.90 Å². The molecule has 1 aliphatic rings. The lowest BCUT2D eigenvalue weighted by Gasteiger charge is -2.26. The zero-order chi connectivity index (χ0) is 25.2. The Hall–Kier alpha value is -3.09. The Morgan fingerprint density at radius 2 is 1.82 bits per heavy atom. The number of hydrogen-bond donors (Lipinski definition) is 4. The highest BCUT2D eigenvalue weighted by atomic mass is 16.6. The highest BCUT2D eigenvalue weighted by Gasteiger charge is 2.29. The topological polar surface area (TPSA) is 157 Å². The van der Waals surface area contributed by atoms with Crippen LogP contribution in [0.5, 0.6) is 0 Å². The summed E-state index contributed by atoms with van der Waals surface area (Å²) in [6.07, 6.45) is 2.93. The van der Waals surface area contributed by atoms with E-state index < -0.39 is 41.6 Å². The predicted octanol–water partition coefficient (Wildman–Crippen LogP) is -1.42. The molecule has 0 spiro atoms. The third-order valence-corrected chi connectivity index (χ3v) is 4.28. The molecule has 0 saturated carbocycles. The zero-order valence-corrected chi connectivity index (χ0v) is 19.6. The van der Waals surface area contributed by atoms with Crippen LogP contribution in [-0.4, -0.2) is 89.7 Å². The summed E-state index contributed by atoms with van der Waals surface area (Å²) < 4.78 is 5.35. The average molecular weight is 468 g/mol. The van der Waals surface area contributed by atoms with Gasteiger partial charge in [0.25, 0.3) is 11.8 Å². The van der Waals surface area contributed by atoms with Gasteiger partial charge in [0.15, 0.2) is 0 Å². The van der Waals surface area contributed by atoms with E-state index in [1.807, 2.05) is 0 Å². The standard InChI is InChI=1S/C21H33N5O7/c1-14(8-11-25(5)13-27)19(31)24-15(20(32)33-21(2,3)4)12-16(28)22-9-10-23-26-17(29)6-7-18(26)30/h6-8,13,15,19,23-24,31H,9-12H2,1-5H3,(H,22,28)/b14-8+. The van der Waals surface area contributed by atoms with Crippen LogP contribution in [0.3, 0.4) is 0 Å². The number of nitrogens with one attached hydrogen (secondary N) is 3. The van der Waals surface area contributed by atoms with Crippen molar-refractivity contribution in [3.05, 3.63) is 23.8 Å². The maximum absolute atomic E-state index is 12.6. The van der Waals surface area contributed by atoms with Crippen LogP contribution in [0.15, 0.2) is 23.8 Å². The minimum atomic E-state index is -1.25. The fraction of sp³-hybridized carbons (Fsp3) is 0.571. The summed E-state index contributed by atoms with van der Waals surface area (Å²) in [6, 6.07) is -1.15. The third kappa shape index (κ3) is 10.4. The van der Waals surface area contributed by atoms with Gasteiger partial charge in [0.1, 0.15) is 17.9 Å². The summed E-state index contributed by atoms with van der Waals surface area (Å²) in [5.41, 5.74) is 2.24. The Labute approximate surface area is 193 Å². The molecule has 33 heavy (non-hydrogen) atoms. The number of ether oxygens (including phenoxy) is 1. The molecule has 2 atom stereocenters. The van der Waals surface area contributed by atoms with Gasteiger partial charge in [-0.25, -0.2) is 10.4 Å². The molecule has 12 nitrogen and oxygen atoms in total. The molecular weight excluding hydrogens is 434 g/mol. The molecule has 0 aromatic heterocycles. The van der Waals surface area contributed by atoms with E-state index in [9.17, 15) is 29.1 Å². The maximum atomic E-state index is 12.6. The van der Waals surface area contributed by atoms with Gasteiger partial charge in [-0.1, -0.05) is 6.08 Å². The van der Waals surface area contributed by atoms with E-state index in [0.29, 0.717) is 12.0 Å². The van der Waals surface area contributed by atoms with Crippen molar-refractivity contribution in [1.29, 1.82) is 0 Å². The molecule has 12 heteroatoms. The summed E-state index contributed by atoms with van der Waals surface area (Å²) in [4.78, 5) is 59.9. The first-order valence-corrected chi connectivity index (χ1v) is 10.4.